The first-order valence-corrected chi connectivity index (χ1v) is 11.8. The summed E-state index contributed by atoms with van der Waals surface area (Å²) in [6, 6.07) is 12.3. The first-order valence-electron chi connectivity index (χ1n) is 9.63. The third-order valence-electron chi connectivity index (χ3n) is 4.37. The molecule has 0 unspecified atom stereocenters. The van der Waals surface area contributed by atoms with Crippen LogP contribution in [-0.2, 0) is 17.9 Å². The van der Waals surface area contributed by atoms with Gasteiger partial charge in [-0.2, -0.15) is 0 Å². The number of carbonyl (C=O) groups excluding carboxylic acids is 2. The van der Waals surface area contributed by atoms with Crippen molar-refractivity contribution in [1.82, 2.24) is 20.1 Å². The molecule has 0 saturated carbocycles. The average Bonchev–Trinajstić information content (AvgIpc) is 3.15. The number of aromatic nitrogens is 3. The number of nitrogens with zero attached hydrogens (tertiary/aromatic N) is 3. The number of rotatable bonds is 9. The summed E-state index contributed by atoms with van der Waals surface area (Å²) in [7, 11) is 0. The molecular weight excluding hydrogens is 514 g/mol. The van der Waals surface area contributed by atoms with Gasteiger partial charge in [0.05, 0.1) is 12.3 Å². The Morgan fingerprint density at radius 1 is 1.25 bits per heavy atom. The number of amides is 2. The van der Waals surface area contributed by atoms with E-state index >= 15 is 0 Å². The van der Waals surface area contributed by atoms with Gasteiger partial charge in [-0.1, -0.05) is 51.4 Å². The molecule has 2 aromatic carbocycles. The topological polar surface area (TPSA) is 88.9 Å². The van der Waals surface area contributed by atoms with Crippen molar-refractivity contribution in [3.63, 3.8) is 0 Å². The average molecular weight is 535 g/mol. The maximum atomic E-state index is 12.4. The first kappa shape index (κ1) is 24.0. The summed E-state index contributed by atoms with van der Waals surface area (Å²) in [4.78, 5) is 24.7. The molecule has 0 atom stereocenters. The second kappa shape index (κ2) is 11.3. The molecule has 0 spiro atoms. The van der Waals surface area contributed by atoms with Gasteiger partial charge in [0.15, 0.2) is 11.0 Å². The number of thioether (sulfide) groups is 1. The minimum atomic E-state index is -0.265. The minimum Gasteiger partial charge on any atom is -0.345 e. The van der Waals surface area contributed by atoms with Gasteiger partial charge in [-0.15, -0.1) is 16.8 Å². The molecule has 0 aliphatic rings. The second-order valence-electron chi connectivity index (χ2n) is 6.79. The Kier molecular flexibility index (Phi) is 8.49. The van der Waals surface area contributed by atoms with Gasteiger partial charge >= 0.3 is 0 Å². The molecule has 166 valence electrons. The molecule has 0 fully saturated rings. The Morgan fingerprint density at radius 2 is 2.06 bits per heavy atom. The minimum absolute atomic E-state index is 0.152. The lowest BCUT2D eigenvalue weighted by molar-refractivity contribution is -0.113. The zero-order valence-corrected chi connectivity index (χ0v) is 20.4. The van der Waals surface area contributed by atoms with Crippen LogP contribution >= 0.6 is 39.3 Å². The molecule has 32 heavy (non-hydrogen) atoms. The fourth-order valence-corrected chi connectivity index (χ4v) is 4.01. The van der Waals surface area contributed by atoms with Crippen LogP contribution in [0.5, 0.6) is 0 Å². The molecule has 1 aromatic heterocycles. The van der Waals surface area contributed by atoms with E-state index in [4.69, 9.17) is 11.6 Å². The van der Waals surface area contributed by atoms with Crippen LogP contribution < -0.4 is 10.6 Å². The lowest BCUT2D eigenvalue weighted by Gasteiger charge is -2.10. The number of allylic oxidation sites excluding steroid dienone is 1. The van der Waals surface area contributed by atoms with E-state index in [2.05, 4.69) is 43.3 Å². The van der Waals surface area contributed by atoms with E-state index in [0.717, 1.165) is 15.7 Å². The third-order valence-corrected chi connectivity index (χ3v) is 6.46. The number of carbonyl (C=O) groups is 2. The van der Waals surface area contributed by atoms with Crippen LogP contribution in [0, 0.1) is 6.92 Å². The highest BCUT2D eigenvalue weighted by atomic mass is 79.9. The summed E-state index contributed by atoms with van der Waals surface area (Å²) in [5, 5.41) is 15.1. The van der Waals surface area contributed by atoms with Crippen molar-refractivity contribution in [2.75, 3.05) is 11.1 Å². The molecular formula is C22H21BrClN5O2S. The second-order valence-corrected chi connectivity index (χ2v) is 9.03. The number of hydrogen-bond donors (Lipinski definition) is 2. The Labute approximate surface area is 203 Å². The predicted molar refractivity (Wildman–Crippen MR) is 131 cm³/mol. The van der Waals surface area contributed by atoms with Crippen LogP contribution in [0.25, 0.3) is 0 Å². The molecule has 0 aliphatic carbocycles. The first-order chi connectivity index (χ1) is 15.4. The third kappa shape index (κ3) is 6.44. The number of halogens is 2. The SMILES string of the molecule is C=CCn1c(CNC(=O)c2cccc(Cl)c2)nnc1SCC(=O)Nc1ccc(Br)c(C)c1. The largest absolute Gasteiger partial charge is 0.345 e. The number of benzene rings is 2. The highest BCUT2D eigenvalue weighted by molar-refractivity contribution is 9.10. The van der Waals surface area contributed by atoms with Crippen molar-refractivity contribution in [1.29, 1.82) is 0 Å². The zero-order chi connectivity index (χ0) is 23.1. The summed E-state index contributed by atoms with van der Waals surface area (Å²) in [5.74, 6) is 0.311. The van der Waals surface area contributed by atoms with Crippen molar-refractivity contribution in [3.05, 3.63) is 81.6 Å². The van der Waals surface area contributed by atoms with Gasteiger partial charge < -0.3 is 15.2 Å². The number of hydrogen-bond acceptors (Lipinski definition) is 5. The van der Waals surface area contributed by atoms with E-state index in [1.807, 2.05) is 29.7 Å². The number of aryl methyl sites for hydroxylation is 1. The molecule has 0 saturated heterocycles. The molecule has 3 aromatic rings. The normalized spacial score (nSPS) is 10.6. The van der Waals surface area contributed by atoms with E-state index in [1.54, 1.807) is 30.3 Å². The molecule has 3 rings (SSSR count). The maximum absolute atomic E-state index is 12.4. The standard InChI is InChI=1S/C22H21BrClN5O2S/c1-3-9-29-19(12-25-21(31)15-5-4-6-16(24)11-15)27-28-22(29)32-13-20(30)26-17-7-8-18(23)14(2)10-17/h3-8,10-11H,1,9,12-13H2,2H3,(H,25,31)(H,26,30). The Morgan fingerprint density at radius 3 is 2.78 bits per heavy atom. The maximum Gasteiger partial charge on any atom is 0.251 e. The molecule has 2 amide bonds. The van der Waals surface area contributed by atoms with E-state index in [1.165, 1.54) is 11.8 Å². The highest BCUT2D eigenvalue weighted by Crippen LogP contribution is 2.21. The molecule has 10 heteroatoms. The molecule has 0 bridgehead atoms. The lowest BCUT2D eigenvalue weighted by atomic mass is 10.2. The quantitative estimate of drug-likeness (QED) is 0.303. The van der Waals surface area contributed by atoms with Gasteiger partial charge in [0.2, 0.25) is 5.91 Å². The summed E-state index contributed by atoms with van der Waals surface area (Å²) in [5.41, 5.74) is 2.22. The van der Waals surface area contributed by atoms with Crippen molar-refractivity contribution < 1.29 is 9.59 Å². The van der Waals surface area contributed by atoms with E-state index in [0.29, 0.717) is 28.1 Å². The monoisotopic (exact) mass is 533 g/mol. The fraction of sp³-hybridized carbons (Fsp3) is 0.182. The Bertz CT molecular complexity index is 1150. The van der Waals surface area contributed by atoms with Crippen LogP contribution in [0.3, 0.4) is 0 Å². The van der Waals surface area contributed by atoms with Crippen LogP contribution in [0.15, 0.2) is 64.7 Å². The van der Waals surface area contributed by atoms with Crippen molar-refractivity contribution >= 4 is 56.8 Å². The van der Waals surface area contributed by atoms with Gasteiger partial charge in [0.25, 0.3) is 5.91 Å². The van der Waals surface area contributed by atoms with Crippen molar-refractivity contribution in [3.8, 4) is 0 Å². The zero-order valence-electron chi connectivity index (χ0n) is 17.3. The Hall–Kier alpha value is -2.62. The van der Waals surface area contributed by atoms with Crippen LogP contribution in [-0.4, -0.2) is 32.3 Å². The van der Waals surface area contributed by atoms with Gasteiger partial charge in [0, 0.05) is 27.3 Å². The lowest BCUT2D eigenvalue weighted by Crippen LogP contribution is -2.24. The molecule has 0 aliphatic heterocycles. The molecule has 2 N–H and O–H groups in total. The van der Waals surface area contributed by atoms with Crippen LogP contribution in [0.2, 0.25) is 5.02 Å². The predicted octanol–water partition coefficient (Wildman–Crippen LogP) is 4.85. The summed E-state index contributed by atoms with van der Waals surface area (Å²) < 4.78 is 2.80. The summed E-state index contributed by atoms with van der Waals surface area (Å²) >= 11 is 10.7. The fourth-order valence-electron chi connectivity index (χ4n) is 2.81. The van der Waals surface area contributed by atoms with Gasteiger partial charge in [-0.3, -0.25) is 9.59 Å². The number of anilines is 1. The molecule has 7 nitrogen and oxygen atoms in total. The summed E-state index contributed by atoms with van der Waals surface area (Å²) in [6.07, 6.45) is 1.71. The van der Waals surface area contributed by atoms with Gasteiger partial charge in [-0.25, -0.2) is 0 Å². The van der Waals surface area contributed by atoms with E-state index < -0.39 is 0 Å². The van der Waals surface area contributed by atoms with Crippen LogP contribution in [0.4, 0.5) is 5.69 Å². The van der Waals surface area contributed by atoms with Crippen molar-refractivity contribution in [2.45, 2.75) is 25.2 Å². The van der Waals surface area contributed by atoms with E-state index in [9.17, 15) is 9.59 Å². The molecule has 1 heterocycles. The smallest absolute Gasteiger partial charge is 0.251 e. The number of nitrogens with one attached hydrogen (secondary N) is 2. The van der Waals surface area contributed by atoms with Gasteiger partial charge in [-0.05, 0) is 48.9 Å². The highest BCUT2D eigenvalue weighted by Gasteiger charge is 2.15. The van der Waals surface area contributed by atoms with Crippen molar-refractivity contribution in [2.24, 2.45) is 0 Å². The Balaban J connectivity index is 1.61. The summed E-state index contributed by atoms with van der Waals surface area (Å²) in [6.45, 7) is 6.35. The molecule has 0 radical (unpaired) electrons. The van der Waals surface area contributed by atoms with Gasteiger partial charge in [0.1, 0.15) is 0 Å². The van der Waals surface area contributed by atoms with Crippen LogP contribution in [0.1, 0.15) is 21.7 Å². The van der Waals surface area contributed by atoms with E-state index in [-0.39, 0.29) is 24.1 Å².